The Bertz CT molecular complexity index is 385. The number of hydrogen-bond donors (Lipinski definition) is 1. The van der Waals surface area contributed by atoms with Crippen molar-refractivity contribution in [1.82, 2.24) is 10.2 Å². The van der Waals surface area contributed by atoms with Gasteiger partial charge in [0.05, 0.1) is 12.0 Å². The number of carbonyl (C=O) groups is 1. The second-order valence-electron chi connectivity index (χ2n) is 7.28. The van der Waals surface area contributed by atoms with Crippen LogP contribution in [0.1, 0.15) is 44.9 Å². The molecule has 1 aliphatic carbocycles. The van der Waals surface area contributed by atoms with Crippen LogP contribution in [0.5, 0.6) is 0 Å². The molecule has 2 heterocycles. The molecule has 134 valence electrons. The molecule has 1 saturated carbocycles. The third kappa shape index (κ3) is 4.17. The van der Waals surface area contributed by atoms with Gasteiger partial charge in [0.25, 0.3) is 0 Å². The van der Waals surface area contributed by atoms with Gasteiger partial charge in [-0.1, -0.05) is 19.3 Å². The molecule has 1 amide bonds. The van der Waals surface area contributed by atoms with Crippen LogP contribution < -0.4 is 5.32 Å². The lowest BCUT2D eigenvalue weighted by molar-refractivity contribution is -0.148. The molecule has 3 fully saturated rings. The van der Waals surface area contributed by atoms with Crippen molar-refractivity contribution < 1.29 is 9.53 Å². The zero-order chi connectivity index (χ0) is 15.5. The lowest BCUT2D eigenvalue weighted by Gasteiger charge is -2.48. The number of nitrogens with one attached hydrogen (secondary N) is 1. The van der Waals surface area contributed by atoms with Crippen molar-refractivity contribution in [2.45, 2.75) is 49.7 Å². The van der Waals surface area contributed by atoms with E-state index in [9.17, 15) is 4.79 Å². The van der Waals surface area contributed by atoms with E-state index in [0.717, 1.165) is 44.8 Å². The summed E-state index contributed by atoms with van der Waals surface area (Å²) in [6, 6.07) is 0. The van der Waals surface area contributed by atoms with E-state index in [2.05, 4.69) is 22.0 Å². The molecule has 3 rings (SSSR count). The van der Waals surface area contributed by atoms with Crippen LogP contribution in [0.3, 0.4) is 0 Å². The molecule has 0 radical (unpaired) electrons. The highest BCUT2D eigenvalue weighted by molar-refractivity contribution is 8.00. The first-order valence-corrected chi connectivity index (χ1v) is 9.81. The standard InChI is InChI=1S/C17H30N2O2S.ClH/c1-21-14-16(7-9-18-10-8-16)15(20)19-11-12-22-17(13-19)5-3-2-4-6-17;/h18H,2-14H2,1H3;1H. The van der Waals surface area contributed by atoms with Crippen LogP contribution in [0.4, 0.5) is 0 Å². The van der Waals surface area contributed by atoms with Crippen LogP contribution in [0.25, 0.3) is 0 Å². The Morgan fingerprint density at radius 2 is 1.87 bits per heavy atom. The summed E-state index contributed by atoms with van der Waals surface area (Å²) >= 11 is 2.13. The summed E-state index contributed by atoms with van der Waals surface area (Å²) in [6.07, 6.45) is 8.45. The molecule has 0 aromatic heterocycles. The first kappa shape index (κ1) is 19.4. The predicted octanol–water partition coefficient (Wildman–Crippen LogP) is 2.70. The van der Waals surface area contributed by atoms with Crippen LogP contribution in [0.15, 0.2) is 0 Å². The van der Waals surface area contributed by atoms with Crippen molar-refractivity contribution in [2.75, 3.05) is 45.6 Å². The maximum absolute atomic E-state index is 13.3. The van der Waals surface area contributed by atoms with Gasteiger partial charge in [-0.05, 0) is 38.8 Å². The van der Waals surface area contributed by atoms with E-state index in [1.165, 1.54) is 32.1 Å². The topological polar surface area (TPSA) is 41.6 Å². The van der Waals surface area contributed by atoms with Gasteiger partial charge in [-0.2, -0.15) is 11.8 Å². The van der Waals surface area contributed by atoms with Crippen LogP contribution in [-0.4, -0.2) is 61.2 Å². The van der Waals surface area contributed by atoms with Gasteiger partial charge in [0.15, 0.2) is 0 Å². The van der Waals surface area contributed by atoms with Crippen molar-refractivity contribution in [3.63, 3.8) is 0 Å². The lowest BCUT2D eigenvalue weighted by Crippen LogP contribution is -2.57. The molecule has 0 unspecified atom stereocenters. The molecular formula is C17H31ClN2O2S. The van der Waals surface area contributed by atoms with Gasteiger partial charge in [-0.25, -0.2) is 0 Å². The maximum atomic E-state index is 13.3. The normalized spacial score (nSPS) is 26.6. The molecule has 0 aromatic rings. The molecule has 0 atom stereocenters. The molecule has 0 bridgehead atoms. The second-order valence-corrected chi connectivity index (χ2v) is 8.85. The minimum absolute atomic E-state index is 0. The Hall–Kier alpha value is 0.0300. The van der Waals surface area contributed by atoms with E-state index in [-0.39, 0.29) is 17.8 Å². The van der Waals surface area contributed by atoms with Crippen LogP contribution in [-0.2, 0) is 9.53 Å². The average molecular weight is 363 g/mol. The number of thioether (sulfide) groups is 1. The van der Waals surface area contributed by atoms with E-state index in [1.807, 2.05) is 0 Å². The van der Waals surface area contributed by atoms with Gasteiger partial charge < -0.3 is 15.0 Å². The van der Waals surface area contributed by atoms with E-state index in [0.29, 0.717) is 17.3 Å². The number of halogens is 1. The van der Waals surface area contributed by atoms with Gasteiger partial charge in [0.2, 0.25) is 5.91 Å². The fraction of sp³-hybridized carbons (Fsp3) is 0.941. The molecule has 1 N–H and O–H groups in total. The summed E-state index contributed by atoms with van der Waals surface area (Å²) in [4.78, 5) is 15.5. The van der Waals surface area contributed by atoms with Crippen molar-refractivity contribution in [1.29, 1.82) is 0 Å². The van der Waals surface area contributed by atoms with Crippen LogP contribution in [0, 0.1) is 5.41 Å². The third-order valence-electron chi connectivity index (χ3n) is 5.74. The zero-order valence-corrected chi connectivity index (χ0v) is 15.9. The monoisotopic (exact) mass is 362 g/mol. The quantitative estimate of drug-likeness (QED) is 0.838. The van der Waals surface area contributed by atoms with Gasteiger partial charge in [-0.3, -0.25) is 4.79 Å². The Morgan fingerprint density at radius 1 is 1.17 bits per heavy atom. The fourth-order valence-electron chi connectivity index (χ4n) is 4.45. The first-order valence-electron chi connectivity index (χ1n) is 8.83. The second kappa shape index (κ2) is 8.41. The summed E-state index contributed by atoms with van der Waals surface area (Å²) in [5.41, 5.74) is -0.280. The van der Waals surface area contributed by atoms with Gasteiger partial charge in [-0.15, -0.1) is 12.4 Å². The number of hydrogen-bond acceptors (Lipinski definition) is 4. The predicted molar refractivity (Wildman–Crippen MR) is 98.5 cm³/mol. The van der Waals surface area contributed by atoms with Gasteiger partial charge >= 0.3 is 0 Å². The highest BCUT2D eigenvalue weighted by Crippen LogP contribution is 2.44. The van der Waals surface area contributed by atoms with E-state index < -0.39 is 0 Å². The highest BCUT2D eigenvalue weighted by atomic mass is 35.5. The summed E-state index contributed by atoms with van der Waals surface area (Å²) in [5.74, 6) is 1.47. The van der Waals surface area contributed by atoms with Crippen molar-refractivity contribution in [3.8, 4) is 0 Å². The minimum Gasteiger partial charge on any atom is -0.384 e. The number of amides is 1. The molecule has 2 aliphatic heterocycles. The Labute approximate surface area is 150 Å². The van der Waals surface area contributed by atoms with Crippen molar-refractivity contribution >= 4 is 30.1 Å². The minimum atomic E-state index is -0.280. The number of carbonyl (C=O) groups excluding carboxylic acids is 1. The van der Waals surface area contributed by atoms with Gasteiger partial charge in [0.1, 0.15) is 0 Å². The fourth-order valence-corrected chi connectivity index (χ4v) is 6.02. The molecular weight excluding hydrogens is 332 g/mol. The Kier molecular flexibility index (Phi) is 7.08. The lowest BCUT2D eigenvalue weighted by atomic mass is 9.77. The van der Waals surface area contributed by atoms with E-state index in [4.69, 9.17) is 4.74 Å². The number of ether oxygens (including phenoxy) is 1. The van der Waals surface area contributed by atoms with Crippen LogP contribution >= 0.6 is 24.2 Å². The number of piperidine rings is 1. The third-order valence-corrected chi connectivity index (χ3v) is 7.27. The largest absolute Gasteiger partial charge is 0.384 e. The molecule has 1 spiro atoms. The van der Waals surface area contributed by atoms with Crippen molar-refractivity contribution in [3.05, 3.63) is 0 Å². The summed E-state index contributed by atoms with van der Waals surface area (Å²) < 4.78 is 5.81. The molecule has 2 saturated heterocycles. The first-order chi connectivity index (χ1) is 10.7. The van der Waals surface area contributed by atoms with Crippen LogP contribution in [0.2, 0.25) is 0 Å². The zero-order valence-electron chi connectivity index (χ0n) is 14.3. The SMILES string of the molecule is COCC1(C(=O)N2CCSC3(CCCCC3)C2)CCNCC1.Cl. The smallest absolute Gasteiger partial charge is 0.231 e. The van der Waals surface area contributed by atoms with E-state index in [1.54, 1.807) is 7.11 Å². The molecule has 0 aromatic carbocycles. The summed E-state index contributed by atoms with van der Waals surface area (Å²) in [5, 5.41) is 3.38. The molecule has 4 nitrogen and oxygen atoms in total. The molecule has 3 aliphatic rings. The van der Waals surface area contributed by atoms with Gasteiger partial charge in [0, 0.05) is 30.7 Å². The number of nitrogens with zero attached hydrogens (tertiary/aromatic N) is 1. The average Bonchev–Trinajstić information content (AvgIpc) is 2.56. The molecule has 6 heteroatoms. The number of rotatable bonds is 3. The summed E-state index contributed by atoms with van der Waals surface area (Å²) in [6.45, 7) is 4.33. The Morgan fingerprint density at radius 3 is 2.52 bits per heavy atom. The maximum Gasteiger partial charge on any atom is 0.231 e. The van der Waals surface area contributed by atoms with Crippen molar-refractivity contribution in [2.24, 2.45) is 5.41 Å². The highest BCUT2D eigenvalue weighted by Gasteiger charge is 2.46. The Balaban J connectivity index is 0.00000192. The summed E-state index contributed by atoms with van der Waals surface area (Å²) in [7, 11) is 1.73. The van der Waals surface area contributed by atoms with E-state index >= 15 is 0 Å². The number of methoxy groups -OCH3 is 1. The molecule has 23 heavy (non-hydrogen) atoms.